The largest absolute Gasteiger partial charge is 0.469 e. The van der Waals surface area contributed by atoms with Gasteiger partial charge in [-0.1, -0.05) is 76.7 Å². The van der Waals surface area contributed by atoms with E-state index in [1.54, 1.807) is 12.1 Å². The van der Waals surface area contributed by atoms with E-state index in [1.165, 1.54) is 0 Å². The molecule has 0 aliphatic rings. The van der Waals surface area contributed by atoms with Gasteiger partial charge in [0.25, 0.3) is 0 Å². The Bertz CT molecular complexity index is 542. The highest BCUT2D eigenvalue weighted by molar-refractivity contribution is 6.48. The highest BCUT2D eigenvalue weighted by atomic mass is 35.5. The topological polar surface area (TPSA) is 9.23 Å². The lowest BCUT2D eigenvalue weighted by Crippen LogP contribution is -2.00. The van der Waals surface area contributed by atoms with Crippen LogP contribution in [0.5, 0.6) is 5.75 Å². The molecule has 0 aliphatic heterocycles. The predicted octanol–water partition coefficient (Wildman–Crippen LogP) is 5.96. The fourth-order valence-corrected chi connectivity index (χ4v) is 2.20. The van der Waals surface area contributed by atoms with Crippen LogP contribution in [-0.4, -0.2) is 0 Å². The molecule has 0 spiro atoms. The fraction of sp³-hybridized carbons (Fsp3) is 0.0769. The number of ether oxygens (including phenoxy) is 1. The van der Waals surface area contributed by atoms with Gasteiger partial charge in [0, 0.05) is 5.56 Å². The first-order valence-electron chi connectivity index (χ1n) is 5.09. The van der Waals surface area contributed by atoms with Gasteiger partial charge in [0.15, 0.2) is 5.56 Å². The molecule has 2 aromatic rings. The number of rotatable bonds is 3. The van der Waals surface area contributed by atoms with Crippen LogP contribution in [0.3, 0.4) is 0 Å². The second-order valence-corrected chi connectivity index (χ2v) is 5.08. The third-order valence-corrected chi connectivity index (χ3v) is 3.91. The molecule has 2 aromatic carbocycles. The summed E-state index contributed by atoms with van der Waals surface area (Å²) in [5.41, 5.74) is 0.197. The summed E-state index contributed by atoms with van der Waals surface area (Å²) in [5, 5.41) is 0.887. The van der Waals surface area contributed by atoms with E-state index in [9.17, 15) is 0 Å². The highest BCUT2D eigenvalue weighted by Gasteiger charge is 2.14. The summed E-state index contributed by atoms with van der Waals surface area (Å²) in [7, 11) is 0. The molecule has 0 heterocycles. The van der Waals surface area contributed by atoms with Crippen LogP contribution < -0.4 is 4.74 Å². The average Bonchev–Trinajstić information content (AvgIpc) is 2.40. The molecule has 0 aromatic heterocycles. The summed E-state index contributed by atoms with van der Waals surface area (Å²) in [4.78, 5) is 0. The van der Waals surface area contributed by atoms with Crippen molar-refractivity contribution in [1.82, 2.24) is 0 Å². The maximum atomic E-state index is 6.15. The minimum Gasteiger partial charge on any atom is -0.469 e. The first-order valence-corrected chi connectivity index (χ1v) is 6.66. The van der Waals surface area contributed by atoms with Crippen molar-refractivity contribution in [2.45, 2.75) is 5.56 Å². The van der Waals surface area contributed by atoms with Gasteiger partial charge in [0.2, 0.25) is 0 Å². The van der Waals surface area contributed by atoms with E-state index < -0.39 is 5.56 Å². The monoisotopic (exact) mass is 320 g/mol. The SMILES string of the molecule is Clc1ccc(OC(Cl)c2ccccc2)c(Cl)c1Cl. The van der Waals surface area contributed by atoms with E-state index >= 15 is 0 Å². The molecule has 0 amide bonds. The summed E-state index contributed by atoms with van der Waals surface area (Å²) in [6.07, 6.45) is 0. The molecule has 2 rings (SSSR count). The summed E-state index contributed by atoms with van der Waals surface area (Å²) < 4.78 is 5.56. The summed E-state index contributed by atoms with van der Waals surface area (Å²) in [6, 6.07) is 12.6. The Kier molecular flexibility index (Phi) is 4.63. The molecule has 5 heteroatoms. The zero-order valence-corrected chi connectivity index (χ0v) is 12.1. The molecule has 0 saturated carbocycles. The van der Waals surface area contributed by atoms with Crippen molar-refractivity contribution in [3.05, 3.63) is 63.1 Å². The van der Waals surface area contributed by atoms with Gasteiger partial charge in [-0.25, -0.2) is 0 Å². The van der Waals surface area contributed by atoms with Crippen molar-refractivity contribution in [2.24, 2.45) is 0 Å². The lowest BCUT2D eigenvalue weighted by Gasteiger charge is -2.15. The Morgan fingerprint density at radius 2 is 1.50 bits per heavy atom. The van der Waals surface area contributed by atoms with Crippen LogP contribution in [0, 0.1) is 0 Å². The Balaban J connectivity index is 2.22. The van der Waals surface area contributed by atoms with Crippen LogP contribution in [0.2, 0.25) is 15.1 Å². The molecule has 0 N–H and O–H groups in total. The van der Waals surface area contributed by atoms with E-state index in [2.05, 4.69) is 0 Å². The molecule has 0 fully saturated rings. The highest BCUT2D eigenvalue weighted by Crippen LogP contribution is 2.39. The number of hydrogen-bond acceptors (Lipinski definition) is 1. The third-order valence-electron chi connectivity index (χ3n) is 2.29. The molecule has 1 atom stereocenters. The standard InChI is InChI=1S/C13H8Cl4O/c14-9-6-7-10(12(16)11(9)15)18-13(17)8-4-2-1-3-5-8/h1-7,13H. The summed E-state index contributed by atoms with van der Waals surface area (Å²) in [6.45, 7) is 0. The van der Waals surface area contributed by atoms with Crippen molar-refractivity contribution in [3.8, 4) is 5.75 Å². The maximum absolute atomic E-state index is 6.15. The number of alkyl halides is 1. The van der Waals surface area contributed by atoms with Crippen molar-refractivity contribution >= 4 is 46.4 Å². The van der Waals surface area contributed by atoms with Gasteiger partial charge < -0.3 is 4.74 Å². The van der Waals surface area contributed by atoms with Crippen molar-refractivity contribution in [3.63, 3.8) is 0 Å². The summed E-state index contributed by atoms with van der Waals surface area (Å²) in [5.74, 6) is 0.398. The second-order valence-electron chi connectivity index (χ2n) is 3.52. The fourth-order valence-electron chi connectivity index (χ4n) is 1.38. The molecule has 0 radical (unpaired) electrons. The van der Waals surface area contributed by atoms with E-state index in [0.29, 0.717) is 10.8 Å². The van der Waals surface area contributed by atoms with E-state index in [0.717, 1.165) is 5.56 Å². The Morgan fingerprint density at radius 1 is 0.833 bits per heavy atom. The molecule has 0 aliphatic carbocycles. The first-order chi connectivity index (χ1) is 8.59. The molecule has 1 unspecified atom stereocenters. The van der Waals surface area contributed by atoms with Gasteiger partial charge in [-0.15, -0.1) is 0 Å². The zero-order chi connectivity index (χ0) is 13.1. The van der Waals surface area contributed by atoms with E-state index in [-0.39, 0.29) is 10.0 Å². The van der Waals surface area contributed by atoms with Crippen LogP contribution in [0.1, 0.15) is 11.1 Å². The van der Waals surface area contributed by atoms with Crippen molar-refractivity contribution < 1.29 is 4.74 Å². The van der Waals surface area contributed by atoms with Gasteiger partial charge in [-0.2, -0.15) is 0 Å². The Morgan fingerprint density at radius 3 is 2.17 bits per heavy atom. The molecule has 18 heavy (non-hydrogen) atoms. The Labute approximate surface area is 125 Å². The number of benzene rings is 2. The van der Waals surface area contributed by atoms with Gasteiger partial charge in [0.1, 0.15) is 10.8 Å². The van der Waals surface area contributed by atoms with Crippen LogP contribution in [0.4, 0.5) is 0 Å². The van der Waals surface area contributed by atoms with Gasteiger partial charge in [-0.3, -0.25) is 0 Å². The maximum Gasteiger partial charge on any atom is 0.197 e. The van der Waals surface area contributed by atoms with E-state index in [1.807, 2.05) is 30.3 Å². The Hall–Kier alpha value is -0.600. The average molecular weight is 322 g/mol. The quantitative estimate of drug-likeness (QED) is 0.500. The lowest BCUT2D eigenvalue weighted by molar-refractivity contribution is 0.288. The third kappa shape index (κ3) is 3.04. The van der Waals surface area contributed by atoms with E-state index in [4.69, 9.17) is 51.1 Å². The first kappa shape index (κ1) is 13.8. The predicted molar refractivity (Wildman–Crippen MR) is 77.1 cm³/mol. The summed E-state index contributed by atoms with van der Waals surface area (Å²) >= 11 is 23.9. The van der Waals surface area contributed by atoms with Crippen molar-refractivity contribution in [2.75, 3.05) is 0 Å². The molecule has 0 bridgehead atoms. The van der Waals surface area contributed by atoms with Crippen LogP contribution in [0.15, 0.2) is 42.5 Å². The van der Waals surface area contributed by atoms with Gasteiger partial charge in [-0.05, 0) is 12.1 Å². The van der Waals surface area contributed by atoms with Gasteiger partial charge in [0.05, 0.1) is 10.0 Å². The van der Waals surface area contributed by atoms with Crippen LogP contribution >= 0.6 is 46.4 Å². The zero-order valence-electron chi connectivity index (χ0n) is 9.04. The van der Waals surface area contributed by atoms with Crippen molar-refractivity contribution in [1.29, 1.82) is 0 Å². The minimum absolute atomic E-state index is 0.255. The number of hydrogen-bond donors (Lipinski definition) is 0. The second kappa shape index (κ2) is 6.03. The smallest absolute Gasteiger partial charge is 0.197 e. The molecule has 0 saturated heterocycles. The van der Waals surface area contributed by atoms with Gasteiger partial charge >= 0.3 is 0 Å². The normalized spacial score (nSPS) is 12.2. The van der Waals surface area contributed by atoms with Crippen LogP contribution in [-0.2, 0) is 0 Å². The molecule has 1 nitrogen and oxygen atoms in total. The lowest BCUT2D eigenvalue weighted by atomic mass is 10.2. The molecular weight excluding hydrogens is 314 g/mol. The number of halogens is 4. The molecule has 94 valence electrons. The molecular formula is C13H8Cl4O. The van der Waals surface area contributed by atoms with Crippen LogP contribution in [0.25, 0.3) is 0 Å². The minimum atomic E-state index is -0.638.